The summed E-state index contributed by atoms with van der Waals surface area (Å²) in [6.07, 6.45) is 3.44. The van der Waals surface area contributed by atoms with Gasteiger partial charge in [0, 0.05) is 12.0 Å². The van der Waals surface area contributed by atoms with E-state index in [1.165, 1.54) is 12.2 Å². The lowest BCUT2D eigenvalue weighted by molar-refractivity contribution is -0.419. The molecular formula is C14H15NO5S. The molecule has 1 N–H and O–H groups in total. The predicted molar refractivity (Wildman–Crippen MR) is 78.0 cm³/mol. The third-order valence-electron chi connectivity index (χ3n) is 3.89. The maximum atomic E-state index is 11.9. The molecule has 0 saturated heterocycles. The van der Waals surface area contributed by atoms with Gasteiger partial charge in [-0.2, -0.15) is 8.42 Å². The number of hydrogen-bond donors (Lipinski definition) is 1. The van der Waals surface area contributed by atoms with Crippen molar-refractivity contribution >= 4 is 10.1 Å². The van der Waals surface area contributed by atoms with Gasteiger partial charge in [0.1, 0.15) is 4.75 Å². The minimum absolute atomic E-state index is 0.144. The summed E-state index contributed by atoms with van der Waals surface area (Å²) in [6.45, 7) is 1.68. The summed E-state index contributed by atoms with van der Waals surface area (Å²) >= 11 is 0. The first kappa shape index (κ1) is 15.4. The number of rotatable bonds is 4. The Bertz CT molecular complexity index is 708. The number of allylic oxidation sites excluding steroid dienone is 2. The van der Waals surface area contributed by atoms with Crippen molar-refractivity contribution in [2.45, 2.75) is 24.0 Å². The van der Waals surface area contributed by atoms with Gasteiger partial charge in [-0.25, -0.2) is 0 Å². The van der Waals surface area contributed by atoms with Gasteiger partial charge in [0.2, 0.25) is 0 Å². The van der Waals surface area contributed by atoms with Crippen LogP contribution in [0.4, 0.5) is 0 Å². The average molecular weight is 309 g/mol. The fraction of sp³-hybridized carbons (Fsp3) is 0.286. The van der Waals surface area contributed by atoms with Gasteiger partial charge in [0.05, 0.1) is 4.92 Å². The molecule has 1 aromatic carbocycles. The molecule has 0 aromatic heterocycles. The van der Waals surface area contributed by atoms with E-state index >= 15 is 0 Å². The summed E-state index contributed by atoms with van der Waals surface area (Å²) in [4.78, 5) is 10.1. The molecule has 0 bridgehead atoms. The molecule has 2 rings (SSSR count). The molecule has 0 heterocycles. The maximum absolute atomic E-state index is 11.9. The topological polar surface area (TPSA) is 97.5 Å². The third kappa shape index (κ3) is 2.74. The van der Waals surface area contributed by atoms with Crippen molar-refractivity contribution in [2.75, 3.05) is 0 Å². The summed E-state index contributed by atoms with van der Waals surface area (Å²) in [5, 5.41) is 10.7. The SMILES string of the molecule is CC(c1ccccc1)C1(S(=O)(=O)O)C=CC([N+](=O)[O-])=CC1. The first-order valence-corrected chi connectivity index (χ1v) is 7.78. The number of hydrogen-bond acceptors (Lipinski definition) is 4. The van der Waals surface area contributed by atoms with Crippen LogP contribution >= 0.6 is 0 Å². The highest BCUT2D eigenvalue weighted by Gasteiger charge is 2.47. The Morgan fingerprint density at radius 2 is 1.95 bits per heavy atom. The monoisotopic (exact) mass is 309 g/mol. The van der Waals surface area contributed by atoms with Crippen LogP contribution in [0.25, 0.3) is 0 Å². The summed E-state index contributed by atoms with van der Waals surface area (Å²) in [7, 11) is -4.44. The van der Waals surface area contributed by atoms with E-state index in [9.17, 15) is 23.1 Å². The zero-order valence-electron chi connectivity index (χ0n) is 11.3. The highest BCUT2D eigenvalue weighted by Crippen LogP contribution is 2.41. The van der Waals surface area contributed by atoms with Gasteiger partial charge in [0.25, 0.3) is 15.8 Å². The quantitative estimate of drug-likeness (QED) is 0.523. The minimum atomic E-state index is -4.44. The van der Waals surface area contributed by atoms with Gasteiger partial charge in [0.15, 0.2) is 0 Å². The van der Waals surface area contributed by atoms with Crippen LogP contribution in [-0.4, -0.2) is 22.6 Å². The zero-order valence-corrected chi connectivity index (χ0v) is 12.2. The third-order valence-corrected chi connectivity index (χ3v) is 5.51. The van der Waals surface area contributed by atoms with Crippen molar-refractivity contribution < 1.29 is 17.9 Å². The van der Waals surface area contributed by atoms with Gasteiger partial charge < -0.3 is 0 Å². The summed E-state index contributed by atoms with van der Waals surface area (Å²) < 4.78 is 31.9. The van der Waals surface area contributed by atoms with Gasteiger partial charge in [-0.05, 0) is 18.1 Å². The van der Waals surface area contributed by atoms with Gasteiger partial charge in [-0.15, -0.1) is 0 Å². The smallest absolute Gasteiger partial charge is 0.275 e. The van der Waals surface area contributed by atoms with Gasteiger partial charge in [-0.1, -0.05) is 43.3 Å². The van der Waals surface area contributed by atoms with Crippen LogP contribution in [0, 0.1) is 10.1 Å². The molecule has 7 heteroatoms. The lowest BCUT2D eigenvalue weighted by Gasteiger charge is -2.34. The van der Waals surface area contributed by atoms with Crippen molar-refractivity contribution in [3.63, 3.8) is 0 Å². The fourth-order valence-corrected chi connectivity index (χ4v) is 3.64. The number of benzene rings is 1. The second-order valence-corrected chi connectivity index (χ2v) is 6.70. The van der Waals surface area contributed by atoms with Crippen LogP contribution < -0.4 is 0 Å². The van der Waals surface area contributed by atoms with Crippen molar-refractivity contribution in [3.8, 4) is 0 Å². The van der Waals surface area contributed by atoms with E-state index in [2.05, 4.69) is 0 Å². The normalized spacial score (nSPS) is 23.4. The molecule has 21 heavy (non-hydrogen) atoms. The lowest BCUT2D eigenvalue weighted by atomic mass is 9.82. The highest BCUT2D eigenvalue weighted by atomic mass is 32.2. The first-order chi connectivity index (χ1) is 9.78. The molecule has 0 spiro atoms. The molecule has 2 unspecified atom stereocenters. The molecule has 0 saturated carbocycles. The first-order valence-electron chi connectivity index (χ1n) is 6.34. The molecule has 0 radical (unpaired) electrons. The second kappa shape index (κ2) is 5.42. The summed E-state index contributed by atoms with van der Waals surface area (Å²) in [6, 6.07) is 8.87. The van der Waals surface area contributed by atoms with Crippen LogP contribution in [-0.2, 0) is 10.1 Å². The molecule has 0 aliphatic heterocycles. The second-order valence-electron chi connectivity index (χ2n) is 4.99. The van der Waals surface area contributed by atoms with E-state index in [1.54, 1.807) is 37.3 Å². The molecule has 0 amide bonds. The Balaban J connectivity index is 2.48. The molecule has 1 aliphatic rings. The van der Waals surface area contributed by atoms with Crippen molar-refractivity contribution in [1.29, 1.82) is 0 Å². The summed E-state index contributed by atoms with van der Waals surface area (Å²) in [5.41, 5.74) is 0.562. The number of nitro groups is 1. The molecule has 0 fully saturated rings. The van der Waals surface area contributed by atoms with Crippen molar-refractivity contribution in [1.82, 2.24) is 0 Å². The van der Waals surface area contributed by atoms with Crippen LogP contribution in [0.1, 0.15) is 24.8 Å². The van der Waals surface area contributed by atoms with Crippen LogP contribution in [0.5, 0.6) is 0 Å². The van der Waals surface area contributed by atoms with Crippen LogP contribution in [0.2, 0.25) is 0 Å². The van der Waals surface area contributed by atoms with Gasteiger partial charge in [-0.3, -0.25) is 14.7 Å². The fourth-order valence-electron chi connectivity index (χ4n) is 2.52. The van der Waals surface area contributed by atoms with Crippen molar-refractivity contribution in [2.24, 2.45) is 0 Å². The lowest BCUT2D eigenvalue weighted by Crippen LogP contribution is -2.42. The van der Waals surface area contributed by atoms with E-state index in [1.807, 2.05) is 0 Å². The zero-order chi connectivity index (χ0) is 15.7. The van der Waals surface area contributed by atoms with Crippen LogP contribution in [0.3, 0.4) is 0 Å². The van der Waals surface area contributed by atoms with E-state index in [4.69, 9.17) is 0 Å². The van der Waals surface area contributed by atoms with E-state index in [-0.39, 0.29) is 12.1 Å². The van der Waals surface area contributed by atoms with E-state index < -0.39 is 25.7 Å². The largest absolute Gasteiger partial charge is 0.285 e. The maximum Gasteiger partial charge on any atom is 0.275 e. The highest BCUT2D eigenvalue weighted by molar-refractivity contribution is 7.87. The van der Waals surface area contributed by atoms with E-state index in [0.29, 0.717) is 0 Å². The summed E-state index contributed by atoms with van der Waals surface area (Å²) in [5.74, 6) is -0.547. The Morgan fingerprint density at radius 1 is 1.33 bits per heavy atom. The Labute approximate surface area is 122 Å². The Kier molecular flexibility index (Phi) is 3.97. The Morgan fingerprint density at radius 3 is 2.38 bits per heavy atom. The average Bonchev–Trinajstić information content (AvgIpc) is 2.46. The predicted octanol–water partition coefficient (Wildman–Crippen LogP) is 2.54. The van der Waals surface area contributed by atoms with Gasteiger partial charge >= 0.3 is 0 Å². The van der Waals surface area contributed by atoms with Crippen LogP contribution in [0.15, 0.2) is 54.3 Å². The molecule has 6 nitrogen and oxygen atoms in total. The molecule has 1 aliphatic carbocycles. The molecular weight excluding hydrogens is 294 g/mol. The van der Waals surface area contributed by atoms with Crippen molar-refractivity contribution in [3.05, 3.63) is 69.9 Å². The molecule has 112 valence electrons. The molecule has 1 aromatic rings. The van der Waals surface area contributed by atoms with E-state index in [0.717, 1.165) is 11.6 Å². The minimum Gasteiger partial charge on any atom is -0.285 e. The molecule has 2 atom stereocenters. The number of nitrogens with zero attached hydrogens (tertiary/aromatic N) is 1. The Hall–Kier alpha value is -1.99. The standard InChI is InChI=1S/C14H15NO5S/c1-11(12-5-3-2-4-6-12)14(21(18,19)20)9-7-13(8-10-14)15(16)17/h2-9,11H,10H2,1H3,(H,18,19,20).